The third-order valence-electron chi connectivity index (χ3n) is 7.67. The number of aliphatic hydroxyl groups excluding tert-OH is 1. The summed E-state index contributed by atoms with van der Waals surface area (Å²) in [6, 6.07) is 15.1. The molecular formula is C33H36N6O7. The summed E-state index contributed by atoms with van der Waals surface area (Å²) in [7, 11) is 1.51. The van der Waals surface area contributed by atoms with E-state index >= 15 is 0 Å². The molecule has 13 nitrogen and oxygen atoms in total. The number of benzene rings is 2. The lowest BCUT2D eigenvalue weighted by atomic mass is 10.0. The Labute approximate surface area is 265 Å². The number of hydrogen-bond donors (Lipinski definition) is 5. The number of pyridine rings is 1. The van der Waals surface area contributed by atoms with Crippen LogP contribution in [0.3, 0.4) is 0 Å². The average molecular weight is 629 g/mol. The van der Waals surface area contributed by atoms with Gasteiger partial charge >= 0.3 is 0 Å². The van der Waals surface area contributed by atoms with Crippen LogP contribution < -0.4 is 26.0 Å². The van der Waals surface area contributed by atoms with Crippen LogP contribution in [0, 0.1) is 0 Å². The van der Waals surface area contributed by atoms with Gasteiger partial charge in [-0.1, -0.05) is 42.5 Å². The minimum absolute atomic E-state index is 0.0542. The van der Waals surface area contributed by atoms with Crippen molar-refractivity contribution in [1.29, 1.82) is 0 Å². The van der Waals surface area contributed by atoms with E-state index in [1.807, 2.05) is 42.5 Å². The number of hydrogen-bond acceptors (Lipinski definition) is 9. The van der Waals surface area contributed by atoms with E-state index < -0.39 is 47.9 Å². The second-order valence-corrected chi connectivity index (χ2v) is 11.1. The van der Waals surface area contributed by atoms with Gasteiger partial charge in [-0.3, -0.25) is 19.2 Å². The summed E-state index contributed by atoms with van der Waals surface area (Å²) in [5.41, 5.74) is 1.38. The van der Waals surface area contributed by atoms with E-state index in [2.05, 4.69) is 31.2 Å². The van der Waals surface area contributed by atoms with Crippen LogP contribution in [-0.4, -0.2) is 70.5 Å². The van der Waals surface area contributed by atoms with Gasteiger partial charge in [0.05, 0.1) is 18.7 Å². The van der Waals surface area contributed by atoms with E-state index in [4.69, 9.17) is 9.15 Å². The first-order chi connectivity index (χ1) is 22.2. The minimum Gasteiger partial charge on any atom is -0.496 e. The fourth-order valence-corrected chi connectivity index (χ4v) is 5.22. The Bertz CT molecular complexity index is 1710. The highest BCUT2D eigenvalue weighted by Crippen LogP contribution is 2.25. The second kappa shape index (κ2) is 14.7. The lowest BCUT2D eigenvalue weighted by Crippen LogP contribution is -2.52. The molecule has 4 aromatic rings. The first kappa shape index (κ1) is 32.1. The van der Waals surface area contributed by atoms with Crippen molar-refractivity contribution in [2.45, 2.75) is 56.8 Å². The van der Waals surface area contributed by atoms with Crippen molar-refractivity contribution in [3.63, 3.8) is 0 Å². The van der Waals surface area contributed by atoms with E-state index in [0.29, 0.717) is 24.1 Å². The lowest BCUT2D eigenvalue weighted by Gasteiger charge is -2.23. The highest BCUT2D eigenvalue weighted by molar-refractivity contribution is 5.99. The van der Waals surface area contributed by atoms with Crippen LogP contribution >= 0.6 is 0 Å². The summed E-state index contributed by atoms with van der Waals surface area (Å²) in [6.07, 6.45) is 1.37. The molecule has 5 rings (SSSR count). The van der Waals surface area contributed by atoms with Crippen LogP contribution in [0.2, 0.25) is 0 Å². The molecule has 13 heteroatoms. The molecule has 0 aliphatic carbocycles. The van der Waals surface area contributed by atoms with Crippen molar-refractivity contribution in [3.05, 3.63) is 89.8 Å². The van der Waals surface area contributed by atoms with Gasteiger partial charge in [0.2, 0.25) is 17.7 Å². The lowest BCUT2D eigenvalue weighted by molar-refractivity contribution is -0.125. The van der Waals surface area contributed by atoms with Crippen molar-refractivity contribution >= 4 is 34.5 Å². The number of ether oxygens (including phenoxy) is 1. The summed E-state index contributed by atoms with van der Waals surface area (Å²) < 4.78 is 11.1. The number of aliphatic hydroxyl groups is 1. The third kappa shape index (κ3) is 7.67. The molecule has 0 saturated carbocycles. The number of carbonyl (C=O) groups is 4. The molecule has 0 spiro atoms. The smallest absolute Gasteiger partial charge is 0.273 e. The number of amides is 4. The summed E-state index contributed by atoms with van der Waals surface area (Å²) >= 11 is 0. The molecule has 240 valence electrons. The zero-order valence-electron chi connectivity index (χ0n) is 25.5. The monoisotopic (exact) mass is 628 g/mol. The standard InChI is InChI=1S/C33H36N6O7/c1-19(40)28-32(44)34-15-9-8-14-23(36-30(42)24-17-27(45-2)21-12-6-7-13-22(21)35-24)29(41)37-25(16-20-10-4-3-5-11-20)33-38-26(18-46-33)31(43)39-28/h3-7,10-13,17-19,23,25,28,40H,8-9,14-16H2,1-2H3,(H,34,44)(H,36,42)(H,37,41)(H,39,43)/t19-,23+,25+,28+/m1/s1. The number of oxazole rings is 1. The molecule has 1 aliphatic heterocycles. The molecule has 1 aliphatic rings. The Morgan fingerprint density at radius 2 is 1.80 bits per heavy atom. The zero-order chi connectivity index (χ0) is 32.6. The Morgan fingerprint density at radius 1 is 1.04 bits per heavy atom. The normalized spacial score (nSPS) is 20.2. The largest absolute Gasteiger partial charge is 0.496 e. The topological polar surface area (TPSA) is 185 Å². The number of para-hydroxylation sites is 1. The van der Waals surface area contributed by atoms with Gasteiger partial charge in [-0.25, -0.2) is 9.97 Å². The van der Waals surface area contributed by atoms with Crippen molar-refractivity contribution < 1.29 is 33.4 Å². The van der Waals surface area contributed by atoms with Crippen LogP contribution in [0.1, 0.15) is 64.7 Å². The Kier molecular flexibility index (Phi) is 10.2. The van der Waals surface area contributed by atoms with Gasteiger partial charge in [0, 0.05) is 24.4 Å². The number of fused-ring (bicyclic) bond motifs is 3. The first-order valence-corrected chi connectivity index (χ1v) is 15.0. The van der Waals surface area contributed by atoms with Crippen LogP contribution in [0.15, 0.2) is 71.3 Å². The summed E-state index contributed by atoms with van der Waals surface area (Å²) in [6.45, 7) is 1.62. The highest BCUT2D eigenvalue weighted by Gasteiger charge is 2.31. The number of carbonyl (C=O) groups excluding carboxylic acids is 4. The van der Waals surface area contributed by atoms with Crippen LogP contribution in [0.5, 0.6) is 5.75 Å². The molecule has 4 atom stereocenters. The van der Waals surface area contributed by atoms with Gasteiger partial charge in [0.1, 0.15) is 35.8 Å². The fraction of sp³-hybridized carbons (Fsp3) is 0.333. The third-order valence-corrected chi connectivity index (χ3v) is 7.67. The summed E-state index contributed by atoms with van der Waals surface area (Å²) in [5.74, 6) is -1.83. The molecule has 5 N–H and O–H groups in total. The molecule has 0 saturated heterocycles. The summed E-state index contributed by atoms with van der Waals surface area (Å²) in [4.78, 5) is 61.9. The molecule has 0 unspecified atom stereocenters. The molecule has 3 heterocycles. The number of aromatic nitrogens is 2. The van der Waals surface area contributed by atoms with Gasteiger partial charge in [-0.05, 0) is 43.9 Å². The van der Waals surface area contributed by atoms with E-state index in [1.165, 1.54) is 20.1 Å². The van der Waals surface area contributed by atoms with Crippen molar-refractivity contribution in [2.75, 3.05) is 13.7 Å². The highest BCUT2D eigenvalue weighted by atomic mass is 16.5. The van der Waals surface area contributed by atoms with E-state index in [9.17, 15) is 24.3 Å². The second-order valence-electron chi connectivity index (χ2n) is 11.1. The summed E-state index contributed by atoms with van der Waals surface area (Å²) in [5, 5.41) is 21.9. The number of nitrogens with one attached hydrogen (secondary N) is 4. The molecule has 46 heavy (non-hydrogen) atoms. The van der Waals surface area contributed by atoms with Crippen LogP contribution in [0.4, 0.5) is 0 Å². The quantitative estimate of drug-likeness (QED) is 0.214. The van der Waals surface area contributed by atoms with E-state index in [0.717, 1.165) is 17.2 Å². The predicted molar refractivity (Wildman–Crippen MR) is 167 cm³/mol. The molecular weight excluding hydrogens is 592 g/mol. The average Bonchev–Trinajstić information content (AvgIpc) is 3.56. The number of rotatable bonds is 6. The maximum Gasteiger partial charge on any atom is 0.273 e. The maximum atomic E-state index is 13.8. The van der Waals surface area contributed by atoms with Gasteiger partial charge in [-0.15, -0.1) is 0 Å². The minimum atomic E-state index is -1.22. The van der Waals surface area contributed by atoms with Crippen molar-refractivity contribution in [3.8, 4) is 5.75 Å². The maximum absolute atomic E-state index is 13.8. The zero-order valence-corrected chi connectivity index (χ0v) is 25.5. The molecule has 0 radical (unpaired) electrons. The molecule has 0 fully saturated rings. The Morgan fingerprint density at radius 3 is 2.57 bits per heavy atom. The first-order valence-electron chi connectivity index (χ1n) is 15.0. The van der Waals surface area contributed by atoms with Crippen molar-refractivity contribution in [1.82, 2.24) is 31.2 Å². The fourth-order valence-electron chi connectivity index (χ4n) is 5.22. The van der Waals surface area contributed by atoms with E-state index in [-0.39, 0.29) is 36.7 Å². The van der Waals surface area contributed by atoms with Gasteiger partial charge in [0.25, 0.3) is 11.8 Å². The Hall–Kier alpha value is -5.30. The molecule has 4 amide bonds. The van der Waals surface area contributed by atoms with Gasteiger partial charge in [-0.2, -0.15) is 0 Å². The number of methoxy groups -OCH3 is 1. The molecule has 2 aromatic carbocycles. The van der Waals surface area contributed by atoms with Crippen LogP contribution in [0.25, 0.3) is 10.9 Å². The Balaban J connectivity index is 1.45. The molecule has 2 bridgehead atoms. The SMILES string of the molecule is COc1cc(C(=O)N[C@H]2CCCCNC(=O)[C@H]([C@@H](C)O)NC(=O)c3coc(n3)[C@H](Cc3ccccc3)NC2=O)nc2ccccc12. The van der Waals surface area contributed by atoms with Gasteiger partial charge in [0.15, 0.2) is 5.69 Å². The number of nitrogens with zero attached hydrogens (tertiary/aromatic N) is 2. The van der Waals surface area contributed by atoms with E-state index in [1.54, 1.807) is 12.1 Å². The van der Waals surface area contributed by atoms with Crippen LogP contribution in [-0.2, 0) is 16.0 Å². The van der Waals surface area contributed by atoms with Gasteiger partial charge < -0.3 is 35.5 Å². The molecule has 2 aromatic heterocycles. The van der Waals surface area contributed by atoms with Crippen molar-refractivity contribution in [2.24, 2.45) is 0 Å². The predicted octanol–water partition coefficient (Wildman–Crippen LogP) is 2.21.